The third-order valence-electron chi connectivity index (χ3n) is 3.14. The normalized spacial score (nSPS) is 23.9. The lowest BCUT2D eigenvalue weighted by Crippen LogP contribution is -2.29. The molecular weight excluding hydrogens is 463 g/mol. The summed E-state index contributed by atoms with van der Waals surface area (Å²) in [5, 5.41) is 1.90. The molecule has 16 nitrogen and oxygen atoms in total. The van der Waals surface area contributed by atoms with E-state index < -0.39 is 48.2 Å². The highest BCUT2D eigenvalue weighted by Crippen LogP contribution is 2.68. The van der Waals surface area contributed by atoms with Crippen molar-refractivity contribution in [2.24, 2.45) is 4.95 Å². The van der Waals surface area contributed by atoms with Crippen LogP contribution in [-0.2, 0) is 41.2 Å². The number of hydrogen-bond acceptors (Lipinski definition) is 11. The number of ether oxygens (including phenoxy) is 1. The van der Waals surface area contributed by atoms with Crippen molar-refractivity contribution in [3.05, 3.63) is 17.2 Å². The summed E-state index contributed by atoms with van der Waals surface area (Å²) in [6, 6.07) is 0. The molecule has 0 aliphatic carbocycles. The van der Waals surface area contributed by atoms with Gasteiger partial charge in [0, 0.05) is 24.3 Å². The number of nitrogens with zero attached hydrogens (tertiary/aromatic N) is 2. The summed E-state index contributed by atoms with van der Waals surface area (Å²) < 4.78 is 51.3. The monoisotopic (exact) mass is 481 g/mol. The van der Waals surface area contributed by atoms with Crippen LogP contribution < -0.4 is 5.32 Å². The van der Waals surface area contributed by atoms with Crippen LogP contribution in [0.15, 0.2) is 17.2 Å². The molecule has 0 bridgehead atoms. The molecule has 4 N–H and O–H groups in total. The standard InChI is InChI=1S/C10H18N3O13P3/c1-13(5-4-9(15)11-7-14)10-3-2-8(24-10)6-23-27(17,12-16)25-29(21,22)26-28(18,19)20/h4-5,7-8,10H,2-3,6H2,1H3,(H,21,22)(H,11,14,15)(H2,18,19,20)/b5-4-/t8-,10+,27?/m0/s1. The molecule has 0 saturated carbocycles. The molecular formula is C10H18N3O13P3. The second kappa shape index (κ2) is 10.6. The fourth-order valence-electron chi connectivity index (χ4n) is 2.02. The predicted octanol–water partition coefficient (Wildman–Crippen LogP) is 0.327. The van der Waals surface area contributed by atoms with Gasteiger partial charge in [-0.3, -0.25) is 19.4 Å². The summed E-state index contributed by atoms with van der Waals surface area (Å²) in [6.45, 7) is -0.585. The zero-order valence-electron chi connectivity index (χ0n) is 14.7. The molecule has 1 rings (SSSR count). The van der Waals surface area contributed by atoms with Crippen LogP contribution in [0.25, 0.3) is 0 Å². The highest BCUT2D eigenvalue weighted by molar-refractivity contribution is 7.68. The molecule has 0 aromatic rings. The van der Waals surface area contributed by atoms with Gasteiger partial charge in [-0.05, 0) is 12.8 Å². The van der Waals surface area contributed by atoms with E-state index in [0.717, 1.165) is 6.08 Å². The molecule has 2 amide bonds. The summed E-state index contributed by atoms with van der Waals surface area (Å²) in [5.41, 5.74) is 0. The summed E-state index contributed by atoms with van der Waals surface area (Å²) in [5.74, 6) is -0.661. The van der Waals surface area contributed by atoms with Crippen molar-refractivity contribution in [3.8, 4) is 0 Å². The smallest absolute Gasteiger partial charge is 0.355 e. The molecule has 0 radical (unpaired) electrons. The van der Waals surface area contributed by atoms with Crippen molar-refractivity contribution in [1.82, 2.24) is 10.2 Å². The van der Waals surface area contributed by atoms with E-state index in [1.807, 2.05) is 10.3 Å². The minimum absolute atomic E-state index is 0.212. The Morgan fingerprint density at radius 3 is 2.48 bits per heavy atom. The second-order valence-electron chi connectivity index (χ2n) is 5.37. The molecule has 1 aliphatic rings. The Hall–Kier alpha value is -1.31. The minimum atomic E-state index is -5.63. The molecule has 1 fully saturated rings. The lowest BCUT2D eigenvalue weighted by molar-refractivity contribution is -0.121. The number of carbonyl (C=O) groups excluding carboxylic acids is 2. The summed E-state index contributed by atoms with van der Waals surface area (Å²) >= 11 is 0. The molecule has 1 saturated heterocycles. The van der Waals surface area contributed by atoms with E-state index in [0.29, 0.717) is 12.8 Å². The number of nitroso groups, excluding NO2 is 1. The van der Waals surface area contributed by atoms with Gasteiger partial charge in [-0.15, -0.1) is 4.91 Å². The van der Waals surface area contributed by atoms with Gasteiger partial charge in [0.1, 0.15) is 6.23 Å². The zero-order valence-corrected chi connectivity index (χ0v) is 17.4. The van der Waals surface area contributed by atoms with E-state index in [4.69, 9.17) is 19.4 Å². The van der Waals surface area contributed by atoms with Crippen LogP contribution >= 0.6 is 23.4 Å². The maximum absolute atomic E-state index is 12.0. The zero-order chi connectivity index (χ0) is 22.3. The van der Waals surface area contributed by atoms with Gasteiger partial charge in [-0.1, -0.05) is 0 Å². The number of amides is 2. The van der Waals surface area contributed by atoms with E-state index >= 15 is 0 Å². The van der Waals surface area contributed by atoms with Crippen LogP contribution in [0.5, 0.6) is 0 Å². The van der Waals surface area contributed by atoms with Crippen molar-refractivity contribution in [2.75, 3.05) is 13.7 Å². The van der Waals surface area contributed by atoms with E-state index in [2.05, 4.69) is 13.1 Å². The Balaban J connectivity index is 2.59. The number of nitrogens with one attached hydrogen (secondary N) is 1. The van der Waals surface area contributed by atoms with Crippen molar-refractivity contribution in [1.29, 1.82) is 0 Å². The molecule has 166 valence electrons. The Morgan fingerprint density at radius 1 is 1.28 bits per heavy atom. The summed E-state index contributed by atoms with van der Waals surface area (Å²) in [6.07, 6.45) is 2.01. The van der Waals surface area contributed by atoms with Crippen molar-refractivity contribution < 1.29 is 55.8 Å². The highest BCUT2D eigenvalue weighted by atomic mass is 31.3. The topological polar surface area (TPSA) is 228 Å². The third-order valence-corrected chi connectivity index (χ3v) is 7.14. The first-order chi connectivity index (χ1) is 13.3. The van der Waals surface area contributed by atoms with Crippen LogP contribution in [0.2, 0.25) is 0 Å². The van der Waals surface area contributed by atoms with Crippen LogP contribution in [0, 0.1) is 4.91 Å². The van der Waals surface area contributed by atoms with Crippen LogP contribution in [0.3, 0.4) is 0 Å². The SMILES string of the molecule is CN(/C=C\C(=O)NC=O)[C@H]1CC[C@@H](COP(=O)(N=O)OP(=O)(O)OP(=O)(O)O)O1. The Morgan fingerprint density at radius 2 is 1.93 bits per heavy atom. The predicted molar refractivity (Wildman–Crippen MR) is 92.4 cm³/mol. The van der Waals surface area contributed by atoms with Gasteiger partial charge >= 0.3 is 23.4 Å². The van der Waals surface area contributed by atoms with Crippen LogP contribution in [0.1, 0.15) is 12.8 Å². The molecule has 0 aromatic heterocycles. The third kappa shape index (κ3) is 9.83. The van der Waals surface area contributed by atoms with E-state index in [1.54, 1.807) is 7.05 Å². The van der Waals surface area contributed by atoms with Crippen LogP contribution in [-0.4, -0.2) is 57.9 Å². The second-order valence-corrected chi connectivity index (χ2v) is 9.95. The highest BCUT2D eigenvalue weighted by Gasteiger charge is 2.43. The van der Waals surface area contributed by atoms with Crippen LogP contribution in [0.4, 0.5) is 0 Å². The average Bonchev–Trinajstić information content (AvgIpc) is 3.05. The minimum Gasteiger partial charge on any atom is -0.355 e. The fraction of sp³-hybridized carbons (Fsp3) is 0.600. The molecule has 4 atom stereocenters. The van der Waals surface area contributed by atoms with Gasteiger partial charge < -0.3 is 24.3 Å². The van der Waals surface area contributed by atoms with Crippen molar-refractivity contribution in [3.63, 3.8) is 0 Å². The summed E-state index contributed by atoms with van der Waals surface area (Å²) in [7, 11) is -14.7. The van der Waals surface area contributed by atoms with Crippen molar-refractivity contribution >= 4 is 35.7 Å². The first kappa shape index (κ1) is 25.7. The molecule has 29 heavy (non-hydrogen) atoms. The number of imide groups is 1. The first-order valence-electron chi connectivity index (χ1n) is 7.49. The molecule has 1 aliphatic heterocycles. The van der Waals surface area contributed by atoms with E-state index in [9.17, 15) is 28.2 Å². The van der Waals surface area contributed by atoms with Gasteiger partial charge in [0.2, 0.25) is 6.41 Å². The number of phosphoric acid groups is 2. The molecule has 1 heterocycles. The first-order valence-corrected chi connectivity index (χ1v) is 12.0. The van der Waals surface area contributed by atoms with Crippen molar-refractivity contribution in [2.45, 2.75) is 25.2 Å². The van der Waals surface area contributed by atoms with Gasteiger partial charge in [-0.25, -0.2) is 13.7 Å². The fourth-order valence-corrected chi connectivity index (χ4v) is 5.23. The number of rotatable bonds is 12. The van der Waals surface area contributed by atoms with Gasteiger partial charge in [0.25, 0.3) is 5.91 Å². The lowest BCUT2D eigenvalue weighted by Gasteiger charge is -2.23. The van der Waals surface area contributed by atoms with Gasteiger partial charge in [0.05, 0.1) is 12.7 Å². The number of carbonyl (C=O) groups is 2. The Bertz CT molecular complexity index is 782. The van der Waals surface area contributed by atoms with Gasteiger partial charge in [-0.2, -0.15) is 8.62 Å². The molecule has 2 unspecified atom stereocenters. The quantitative estimate of drug-likeness (QED) is 0.127. The average molecular weight is 481 g/mol. The lowest BCUT2D eigenvalue weighted by atomic mass is 10.2. The Labute approximate surface area is 163 Å². The number of hydrogen-bond donors (Lipinski definition) is 4. The summed E-state index contributed by atoms with van der Waals surface area (Å²) in [4.78, 5) is 61.5. The molecule has 0 aromatic carbocycles. The molecule has 0 spiro atoms. The largest absolute Gasteiger partial charge is 0.498 e. The maximum Gasteiger partial charge on any atom is 0.498 e. The molecule has 19 heteroatoms. The van der Waals surface area contributed by atoms with E-state index in [1.165, 1.54) is 11.1 Å². The van der Waals surface area contributed by atoms with E-state index in [-0.39, 0.29) is 6.41 Å². The Kier molecular flexibility index (Phi) is 9.44. The maximum atomic E-state index is 12.0. The van der Waals surface area contributed by atoms with Gasteiger partial charge in [0.15, 0.2) is 0 Å².